The molecule has 0 aromatic heterocycles. The van der Waals surface area contributed by atoms with Crippen molar-refractivity contribution in [2.75, 3.05) is 0 Å². The monoisotopic (exact) mass is 499 g/mol. The number of fused-ring (bicyclic) bond motifs is 1. The molecule has 3 aromatic carbocycles. The molecule has 4 rings (SSSR count). The van der Waals surface area contributed by atoms with Gasteiger partial charge in [0.05, 0.1) is 10.8 Å². The number of carbonyl (C=O) groups is 1. The van der Waals surface area contributed by atoms with E-state index >= 15 is 0 Å². The number of esters is 1. The van der Waals surface area contributed by atoms with E-state index in [1.54, 1.807) is 31.2 Å². The summed E-state index contributed by atoms with van der Waals surface area (Å²) in [5.74, 6) is -0.0283. The lowest BCUT2D eigenvalue weighted by Crippen LogP contribution is -2.28. The number of nitro benzene ring substituents is 1. The number of non-ortho nitro benzene ring substituents is 1. The number of nitrogens with zero attached hydrogens (tertiary/aromatic N) is 2. The molecule has 2 atom stereocenters. The molecular formula is C28H25N3O6. The van der Waals surface area contributed by atoms with Crippen LogP contribution in [0.3, 0.4) is 0 Å². The first-order valence-electron chi connectivity index (χ1n) is 11.6. The van der Waals surface area contributed by atoms with Crippen molar-refractivity contribution in [3.63, 3.8) is 0 Å². The quantitative estimate of drug-likeness (QED) is 0.200. The molecule has 9 heteroatoms. The van der Waals surface area contributed by atoms with Crippen LogP contribution in [0.2, 0.25) is 0 Å². The van der Waals surface area contributed by atoms with Crippen LogP contribution < -0.4 is 19.9 Å². The van der Waals surface area contributed by atoms with E-state index in [0.717, 1.165) is 5.56 Å². The number of ether oxygens (including phenoxy) is 3. The van der Waals surface area contributed by atoms with Crippen molar-refractivity contribution in [1.29, 1.82) is 5.26 Å². The fourth-order valence-electron chi connectivity index (χ4n) is 4.04. The minimum Gasteiger partial charge on any atom is -0.479 e. The molecule has 1 heterocycles. The fraction of sp³-hybridized carbons (Fsp3) is 0.214. The van der Waals surface area contributed by atoms with Crippen molar-refractivity contribution in [1.82, 2.24) is 0 Å². The van der Waals surface area contributed by atoms with Gasteiger partial charge < -0.3 is 19.9 Å². The molecule has 9 nitrogen and oxygen atoms in total. The molecule has 0 aliphatic carbocycles. The first-order chi connectivity index (χ1) is 17.7. The molecule has 0 fully saturated rings. The standard InChI is InChI=1S/C28H25N3O6/c1-16(2)18-7-9-21(10-8-18)35-17(3)28(32)36-22-11-12-23-25(14-22)37-27(30)24(15-29)26(23)19-5-4-6-20(13-19)31(33)34/h4-14,16-17,26H,30H2,1-3H3. The molecule has 1 aliphatic rings. The maximum absolute atomic E-state index is 12.7. The number of hydrogen-bond donors (Lipinski definition) is 1. The van der Waals surface area contributed by atoms with E-state index in [-0.39, 0.29) is 28.6 Å². The molecule has 0 radical (unpaired) electrons. The van der Waals surface area contributed by atoms with E-state index < -0.39 is 22.9 Å². The van der Waals surface area contributed by atoms with Crippen molar-refractivity contribution >= 4 is 11.7 Å². The van der Waals surface area contributed by atoms with Gasteiger partial charge in [0.25, 0.3) is 5.69 Å². The van der Waals surface area contributed by atoms with Gasteiger partial charge in [-0.15, -0.1) is 0 Å². The number of carbonyl (C=O) groups excluding carboxylic acids is 1. The Bertz CT molecular complexity index is 1420. The van der Waals surface area contributed by atoms with Crippen LogP contribution in [0.4, 0.5) is 5.69 Å². The molecule has 2 unspecified atom stereocenters. The number of allylic oxidation sites excluding steroid dienone is 1. The second-order valence-electron chi connectivity index (χ2n) is 8.88. The zero-order valence-electron chi connectivity index (χ0n) is 20.5. The van der Waals surface area contributed by atoms with Gasteiger partial charge in [-0.2, -0.15) is 5.26 Å². The number of benzene rings is 3. The summed E-state index contributed by atoms with van der Waals surface area (Å²) >= 11 is 0. The maximum atomic E-state index is 12.7. The summed E-state index contributed by atoms with van der Waals surface area (Å²) < 4.78 is 16.9. The van der Waals surface area contributed by atoms with Gasteiger partial charge in [0.2, 0.25) is 5.88 Å². The zero-order chi connectivity index (χ0) is 26.7. The van der Waals surface area contributed by atoms with Crippen molar-refractivity contribution in [2.24, 2.45) is 5.73 Å². The van der Waals surface area contributed by atoms with Crippen molar-refractivity contribution in [3.05, 3.63) is 105 Å². The first kappa shape index (κ1) is 25.3. The van der Waals surface area contributed by atoms with Crippen LogP contribution in [0.25, 0.3) is 0 Å². The van der Waals surface area contributed by atoms with E-state index in [2.05, 4.69) is 13.8 Å². The predicted molar refractivity (Wildman–Crippen MR) is 135 cm³/mol. The van der Waals surface area contributed by atoms with Crippen LogP contribution in [0.5, 0.6) is 17.2 Å². The van der Waals surface area contributed by atoms with Crippen LogP contribution in [-0.2, 0) is 4.79 Å². The van der Waals surface area contributed by atoms with Crippen LogP contribution in [0.15, 0.2) is 78.2 Å². The van der Waals surface area contributed by atoms with Gasteiger partial charge >= 0.3 is 5.97 Å². The third kappa shape index (κ3) is 5.38. The SMILES string of the molecule is CC(Oc1ccc(C(C)C)cc1)C(=O)Oc1ccc2c(c1)OC(N)=C(C#N)C2c1cccc([N+](=O)[O-])c1. The highest BCUT2D eigenvalue weighted by Gasteiger charge is 2.32. The van der Waals surface area contributed by atoms with E-state index in [9.17, 15) is 20.2 Å². The molecule has 0 saturated carbocycles. The van der Waals surface area contributed by atoms with Crippen LogP contribution >= 0.6 is 0 Å². The summed E-state index contributed by atoms with van der Waals surface area (Å²) in [6.07, 6.45) is -0.880. The van der Waals surface area contributed by atoms with Crippen LogP contribution in [0, 0.1) is 21.4 Å². The van der Waals surface area contributed by atoms with Crippen LogP contribution in [-0.4, -0.2) is 17.0 Å². The lowest BCUT2D eigenvalue weighted by atomic mass is 9.83. The van der Waals surface area contributed by atoms with Gasteiger partial charge in [-0.3, -0.25) is 10.1 Å². The van der Waals surface area contributed by atoms with Crippen molar-refractivity contribution in [3.8, 4) is 23.3 Å². The highest BCUT2D eigenvalue weighted by molar-refractivity contribution is 5.77. The lowest BCUT2D eigenvalue weighted by Gasteiger charge is -2.26. The molecule has 1 aliphatic heterocycles. The van der Waals surface area contributed by atoms with Gasteiger partial charge in [-0.1, -0.05) is 44.2 Å². The van der Waals surface area contributed by atoms with E-state index in [1.165, 1.54) is 18.2 Å². The molecule has 0 amide bonds. The number of nitro groups is 1. The Balaban J connectivity index is 1.55. The minimum absolute atomic E-state index is 0.111. The summed E-state index contributed by atoms with van der Waals surface area (Å²) in [4.78, 5) is 23.5. The third-order valence-electron chi connectivity index (χ3n) is 6.01. The summed E-state index contributed by atoms with van der Waals surface area (Å²) in [5, 5.41) is 21.0. The normalized spacial score (nSPS) is 15.3. The Kier molecular flexibility index (Phi) is 7.11. The molecule has 0 saturated heterocycles. The summed E-state index contributed by atoms with van der Waals surface area (Å²) in [5.41, 5.74) is 8.26. The molecule has 0 bridgehead atoms. The van der Waals surface area contributed by atoms with Gasteiger partial charge in [0.15, 0.2) is 6.10 Å². The number of nitrogens with two attached hydrogens (primary N) is 1. The van der Waals surface area contributed by atoms with Gasteiger partial charge in [0, 0.05) is 23.8 Å². The average molecular weight is 500 g/mol. The van der Waals surface area contributed by atoms with Gasteiger partial charge in [0.1, 0.15) is 28.9 Å². The Morgan fingerprint density at radius 1 is 1.08 bits per heavy atom. The Morgan fingerprint density at radius 2 is 1.78 bits per heavy atom. The van der Waals surface area contributed by atoms with E-state index in [1.807, 2.05) is 30.3 Å². The molecule has 37 heavy (non-hydrogen) atoms. The molecular weight excluding hydrogens is 474 g/mol. The third-order valence-corrected chi connectivity index (χ3v) is 6.01. The van der Waals surface area contributed by atoms with E-state index in [4.69, 9.17) is 19.9 Å². The first-order valence-corrected chi connectivity index (χ1v) is 11.6. The van der Waals surface area contributed by atoms with Gasteiger partial charge in [-0.05, 0) is 42.2 Å². The predicted octanol–water partition coefficient (Wildman–Crippen LogP) is 5.31. The number of nitriles is 1. The van der Waals surface area contributed by atoms with Crippen LogP contribution in [0.1, 0.15) is 49.3 Å². The number of rotatable bonds is 7. The maximum Gasteiger partial charge on any atom is 0.352 e. The fourth-order valence-corrected chi connectivity index (χ4v) is 4.04. The number of hydrogen-bond acceptors (Lipinski definition) is 8. The summed E-state index contributed by atoms with van der Waals surface area (Å²) in [6.45, 7) is 5.77. The summed E-state index contributed by atoms with van der Waals surface area (Å²) in [6, 6.07) is 20.2. The second-order valence-corrected chi connectivity index (χ2v) is 8.88. The molecule has 0 spiro atoms. The van der Waals surface area contributed by atoms with Crippen molar-refractivity contribution < 1.29 is 23.9 Å². The minimum atomic E-state index is -0.880. The highest BCUT2D eigenvalue weighted by atomic mass is 16.6. The molecule has 2 N–H and O–H groups in total. The Morgan fingerprint density at radius 3 is 2.43 bits per heavy atom. The summed E-state index contributed by atoms with van der Waals surface area (Å²) in [7, 11) is 0. The smallest absolute Gasteiger partial charge is 0.352 e. The molecule has 3 aromatic rings. The Labute approximate surface area is 213 Å². The topological polar surface area (TPSA) is 138 Å². The lowest BCUT2D eigenvalue weighted by molar-refractivity contribution is -0.384. The Hall–Kier alpha value is -4.84. The van der Waals surface area contributed by atoms with Gasteiger partial charge in [-0.25, -0.2) is 4.79 Å². The van der Waals surface area contributed by atoms with E-state index in [0.29, 0.717) is 22.8 Å². The van der Waals surface area contributed by atoms with Crippen molar-refractivity contribution in [2.45, 2.75) is 38.7 Å². The average Bonchev–Trinajstić information content (AvgIpc) is 2.88. The largest absolute Gasteiger partial charge is 0.479 e. The highest BCUT2D eigenvalue weighted by Crippen LogP contribution is 2.44. The zero-order valence-corrected chi connectivity index (χ0v) is 20.5. The molecule has 188 valence electrons. The second kappa shape index (κ2) is 10.4.